The lowest BCUT2D eigenvalue weighted by atomic mass is 9.95. The fraction of sp³-hybridized carbons (Fsp3) is 0.291. The quantitative estimate of drug-likeness (QED) is 0.144. The molecule has 670 valence electrons. The summed E-state index contributed by atoms with van der Waals surface area (Å²) in [6.07, 6.45) is 9.31. The molecule has 0 fully saturated rings. The van der Waals surface area contributed by atoms with Crippen molar-refractivity contribution in [3.63, 3.8) is 0 Å². The topological polar surface area (TPSA) is 14.8 Å². The fourth-order valence-corrected chi connectivity index (χ4v) is 21.0. The molecule has 0 spiro atoms. The summed E-state index contributed by atoms with van der Waals surface area (Å²) in [6.45, 7) is 56.0. The lowest BCUT2D eigenvalue weighted by molar-refractivity contribution is 1.04. The van der Waals surface area contributed by atoms with E-state index in [4.69, 9.17) is 0 Å². The molecule has 18 aromatic rings. The Morgan fingerprint density at radius 1 is 0.146 bits per heavy atom. The monoisotopic (exact) mass is 1710 g/mol. The van der Waals surface area contributed by atoms with Gasteiger partial charge in [-0.05, 0) is 266 Å². The van der Waals surface area contributed by atoms with Gasteiger partial charge in [0.1, 0.15) is 0 Å². The van der Waals surface area contributed by atoms with Gasteiger partial charge in [0, 0.05) is 68.6 Å². The second-order valence-corrected chi connectivity index (χ2v) is 30.4. The molecule has 0 bridgehead atoms. The third kappa shape index (κ3) is 16.7. The largest absolute Gasteiger partial charge is 0.309 e. The van der Waals surface area contributed by atoms with E-state index in [9.17, 15) is 0 Å². The van der Waals surface area contributed by atoms with E-state index >= 15 is 0 Å². The van der Waals surface area contributed by atoms with Crippen molar-refractivity contribution in [2.24, 2.45) is 0 Å². The van der Waals surface area contributed by atoms with Crippen molar-refractivity contribution < 1.29 is 0 Å². The van der Waals surface area contributed by atoms with Crippen LogP contribution in [0.15, 0.2) is 273 Å². The minimum atomic E-state index is 1.01. The van der Waals surface area contributed by atoms with Crippen molar-refractivity contribution in [3.05, 3.63) is 373 Å². The summed E-state index contributed by atoms with van der Waals surface area (Å²) in [5.41, 5.74) is 55.9. The molecule has 0 N–H and O–H groups in total. The zero-order valence-corrected chi connectivity index (χ0v) is 84.2. The van der Waals surface area contributed by atoms with Gasteiger partial charge in [-0.15, -0.1) is 0 Å². The highest BCUT2D eigenvalue weighted by molar-refractivity contribution is 6.16. The van der Waals surface area contributed by atoms with Crippen LogP contribution in [0, 0.1) is 0 Å². The summed E-state index contributed by atoms with van der Waals surface area (Å²) < 4.78 is 7.59. The number of nitrogens with zero attached hydrogens (tertiary/aromatic N) is 3. The Bertz CT molecular complexity index is 6910. The van der Waals surface area contributed by atoms with Gasteiger partial charge in [0.2, 0.25) is 0 Å². The van der Waals surface area contributed by atoms with Crippen LogP contribution in [0.5, 0.6) is 0 Å². The second kappa shape index (κ2) is 45.3. The van der Waals surface area contributed by atoms with Crippen molar-refractivity contribution in [2.45, 2.75) is 252 Å². The van der Waals surface area contributed by atoms with E-state index in [1.54, 1.807) is 11.1 Å². The molecule has 6 heterocycles. The van der Waals surface area contributed by atoms with Crippen molar-refractivity contribution in [3.8, 4) is 83.8 Å². The van der Waals surface area contributed by atoms with Crippen LogP contribution in [-0.2, 0) is 57.8 Å². The Hall–Kier alpha value is -12.3. The highest BCUT2D eigenvalue weighted by atomic mass is 15.0. The average Bonchev–Trinajstić information content (AvgIpc) is 1.54. The number of fused-ring (bicyclic) bond motifs is 35. The van der Waals surface area contributed by atoms with Crippen LogP contribution in [0.1, 0.15) is 294 Å². The molecular weight excluding hydrogens is 1570 g/mol. The Morgan fingerprint density at radius 2 is 0.392 bits per heavy atom. The summed E-state index contributed by atoms with van der Waals surface area (Å²) in [6, 6.07) is 103. The van der Waals surface area contributed by atoms with Gasteiger partial charge >= 0.3 is 0 Å². The second-order valence-electron chi connectivity index (χ2n) is 30.4. The molecule has 0 amide bonds. The smallest absolute Gasteiger partial charge is 0.0576 e. The summed E-state index contributed by atoms with van der Waals surface area (Å²) in [5.74, 6) is 0. The first-order chi connectivity index (χ1) is 64.5. The summed E-state index contributed by atoms with van der Waals surface area (Å²) in [4.78, 5) is 0. The van der Waals surface area contributed by atoms with E-state index in [0.29, 0.717) is 0 Å². The number of hydrogen-bond acceptors (Lipinski definition) is 0. The predicted octanol–water partition coefficient (Wildman–Crippen LogP) is 37.9. The molecule has 3 aliphatic heterocycles. The van der Waals surface area contributed by atoms with Gasteiger partial charge in [-0.3, -0.25) is 0 Å². The van der Waals surface area contributed by atoms with Crippen LogP contribution < -0.4 is 0 Å². The van der Waals surface area contributed by atoms with E-state index in [1.807, 2.05) is 194 Å². The number of hydrogen-bond donors (Lipinski definition) is 0. The maximum Gasteiger partial charge on any atom is 0.0576 e. The predicted molar refractivity (Wildman–Crippen MR) is 579 cm³/mol. The van der Waals surface area contributed by atoms with Crippen molar-refractivity contribution in [1.29, 1.82) is 0 Å². The van der Waals surface area contributed by atoms with Gasteiger partial charge in [0.25, 0.3) is 0 Å². The van der Waals surface area contributed by atoms with Crippen LogP contribution in [0.3, 0.4) is 0 Å². The average molecular weight is 1720 g/mol. The molecule has 9 aliphatic rings. The van der Waals surface area contributed by atoms with E-state index < -0.39 is 0 Å². The molecule has 0 atom stereocenters. The van der Waals surface area contributed by atoms with Crippen molar-refractivity contribution in [2.75, 3.05) is 0 Å². The van der Waals surface area contributed by atoms with Crippen molar-refractivity contribution >= 4 is 65.4 Å². The van der Waals surface area contributed by atoms with Crippen LogP contribution in [0.25, 0.3) is 149 Å². The molecule has 0 saturated heterocycles. The minimum absolute atomic E-state index is 1.01. The van der Waals surface area contributed by atoms with Gasteiger partial charge in [-0.2, -0.15) is 0 Å². The molecule has 27 rings (SSSR count). The molecule has 3 heteroatoms. The Balaban J connectivity index is 0.000000166. The lowest BCUT2D eigenvalue weighted by Crippen LogP contribution is -2.07. The van der Waals surface area contributed by atoms with Crippen LogP contribution in [0.2, 0.25) is 0 Å². The maximum absolute atomic E-state index is 2.53. The third-order valence-corrected chi connectivity index (χ3v) is 25.3. The number of aromatic nitrogens is 3. The van der Waals surface area contributed by atoms with Crippen LogP contribution in [0.4, 0.5) is 0 Å². The van der Waals surface area contributed by atoms with Gasteiger partial charge in [-0.1, -0.05) is 406 Å². The summed E-state index contributed by atoms with van der Waals surface area (Å²) in [5, 5.41) is 8.27. The molecule has 3 aromatic heterocycles. The Labute approximate surface area is 782 Å². The molecule has 0 saturated carbocycles. The normalized spacial score (nSPS) is 11.7. The standard InChI is InChI=1S/3C33H21N.14C2H6/c1-3-9-25-19(6-1)12-22-14-23-15-24-16-32-30(18-29(24)28(23)17-27(22)25)26-10-5-8-21-13-20-7-2-4-11-31(20)34(32)33(21)26;1-3-9-23-19(6-1)15-28-24(23)12-13-25-27-18-30-26-10-5-8-21-14-20-7-2-4-11-31(20)34(33(21)26)32(30)17-22(27)16-29(25)28;1-3-9-24-19(6-1)14-21-12-13-25-27-18-28-26-10-5-8-22-15-20-7-2-4-11-30(20)34(33(22)26)31(28)17-23(27)16-29(25)32(21)24;14*1-2/h1-11,14,16-18H,12-13,15H2;2*1-13,17-18H,14-16H2;14*1-2H3. The van der Waals surface area contributed by atoms with E-state index in [0.717, 1.165) is 57.8 Å². The minimum Gasteiger partial charge on any atom is -0.309 e. The molecule has 0 radical (unpaired) electrons. The number of para-hydroxylation sites is 6. The first-order valence-electron chi connectivity index (χ1n) is 50.8. The molecule has 130 heavy (non-hydrogen) atoms. The van der Waals surface area contributed by atoms with Gasteiger partial charge in [0.15, 0.2) is 0 Å². The SMILES string of the molecule is CC.CC.CC.CC.CC.CC.CC.CC.CC.CC.CC.CC.CC.CC.c1ccc2c(c1)Cc1c-2ccc2c1Cc1cc3c(cc1-2)c1cccc2c1n3-c1ccccc1C2.c1ccc2c(c1)Cc1cc3c(cc1-2)-c1cc2c4cccc5c4n(c2cc1C3)-c1ccccc1C5.c1ccc2c(c1)Cc1ccc3c(c1-2)Cc1cc2c(cc1-3)c1cccc3c1n2-c1ccccc1C3. The summed E-state index contributed by atoms with van der Waals surface area (Å²) >= 11 is 0. The van der Waals surface area contributed by atoms with Crippen LogP contribution in [-0.4, -0.2) is 13.7 Å². The van der Waals surface area contributed by atoms with Gasteiger partial charge in [-0.25, -0.2) is 0 Å². The molecular formula is C127H147N3. The van der Waals surface area contributed by atoms with Gasteiger partial charge < -0.3 is 13.7 Å². The van der Waals surface area contributed by atoms with E-state index in [-0.39, 0.29) is 0 Å². The third-order valence-electron chi connectivity index (χ3n) is 25.3. The number of rotatable bonds is 0. The highest BCUT2D eigenvalue weighted by Crippen LogP contribution is 2.54. The number of benzene rings is 15. The maximum atomic E-state index is 2.53. The highest BCUT2D eigenvalue weighted by Gasteiger charge is 2.35. The molecule has 0 unspecified atom stereocenters. The summed E-state index contributed by atoms with van der Waals surface area (Å²) in [7, 11) is 0. The van der Waals surface area contributed by atoms with Gasteiger partial charge in [0.05, 0.1) is 33.1 Å². The van der Waals surface area contributed by atoms with E-state index in [1.165, 1.54) is 238 Å². The Morgan fingerprint density at radius 3 is 0.800 bits per heavy atom. The van der Waals surface area contributed by atoms with Crippen LogP contribution >= 0.6 is 0 Å². The lowest BCUT2D eigenvalue weighted by Gasteiger charge is -2.20. The Kier molecular flexibility index (Phi) is 34.3. The van der Waals surface area contributed by atoms with E-state index in [2.05, 4.69) is 287 Å². The zero-order chi connectivity index (χ0) is 93.9. The molecule has 15 aromatic carbocycles. The fourth-order valence-electron chi connectivity index (χ4n) is 21.0. The molecule has 3 nitrogen and oxygen atoms in total. The first-order valence-corrected chi connectivity index (χ1v) is 50.8. The van der Waals surface area contributed by atoms with Crippen molar-refractivity contribution in [1.82, 2.24) is 13.7 Å². The zero-order valence-electron chi connectivity index (χ0n) is 84.2. The first kappa shape index (κ1) is 98.3. The molecule has 6 aliphatic carbocycles.